The molecule has 2 aromatic carbocycles. The molecule has 1 aliphatic rings. The number of ketones is 1. The first-order chi connectivity index (χ1) is 15.9. The normalized spacial score (nSPS) is 17.6. The summed E-state index contributed by atoms with van der Waals surface area (Å²) in [4.78, 5) is 29.9. The zero-order valence-corrected chi connectivity index (χ0v) is 19.4. The van der Waals surface area contributed by atoms with Gasteiger partial charge in [0.2, 0.25) is 0 Å². The Bertz CT molecular complexity index is 1060. The molecule has 0 spiro atoms. The minimum Gasteiger partial charge on any atom is -0.507 e. The molecule has 0 aromatic heterocycles. The van der Waals surface area contributed by atoms with Crippen molar-refractivity contribution in [3.05, 3.63) is 59.2 Å². The summed E-state index contributed by atoms with van der Waals surface area (Å²) in [5, 5.41) is 21.6. The van der Waals surface area contributed by atoms with Gasteiger partial charge in [0.1, 0.15) is 23.0 Å². The van der Waals surface area contributed by atoms with E-state index in [0.717, 1.165) is 13.1 Å². The van der Waals surface area contributed by atoms with Gasteiger partial charge in [-0.1, -0.05) is 32.0 Å². The molecule has 1 atom stereocenters. The summed E-state index contributed by atoms with van der Waals surface area (Å²) in [6, 6.07) is 10.6. The lowest BCUT2D eigenvalue weighted by Crippen LogP contribution is -2.38. The Hall–Kier alpha value is -3.52. The first kappa shape index (κ1) is 24.1. The third-order valence-corrected chi connectivity index (χ3v) is 5.99. The maximum Gasteiger partial charge on any atom is 0.295 e. The van der Waals surface area contributed by atoms with Gasteiger partial charge in [0, 0.05) is 24.7 Å². The van der Waals surface area contributed by atoms with Crippen LogP contribution in [0.5, 0.6) is 17.2 Å². The molecule has 2 aromatic rings. The standard InChI is InChI=1S/C25H30N2O6/c1-5-26(6-2)13-14-27-22(18-9-7-8-10-20(18)33-4)21(24(30)25(27)31)23(29)17-12-11-16(32-3)15-19(17)28/h7-12,15,22,28-29H,5-6,13-14H2,1-4H3/b23-21+. The molecule has 1 amide bonds. The molecule has 2 N–H and O–H groups in total. The number of likely N-dealkylation sites (tertiary alicyclic amines) is 1. The molecule has 33 heavy (non-hydrogen) atoms. The number of nitrogens with zero attached hydrogens (tertiary/aromatic N) is 2. The first-order valence-electron chi connectivity index (χ1n) is 10.9. The Labute approximate surface area is 193 Å². The van der Waals surface area contributed by atoms with E-state index >= 15 is 0 Å². The lowest BCUT2D eigenvalue weighted by atomic mass is 9.94. The number of benzene rings is 2. The van der Waals surface area contributed by atoms with Crippen molar-refractivity contribution >= 4 is 17.4 Å². The van der Waals surface area contributed by atoms with Crippen LogP contribution in [0, 0.1) is 0 Å². The number of Topliss-reactive ketones (excluding diaryl/α,β-unsaturated/α-hetero) is 1. The van der Waals surface area contributed by atoms with Crippen molar-refractivity contribution in [2.45, 2.75) is 19.9 Å². The number of amides is 1. The van der Waals surface area contributed by atoms with Crippen LogP contribution in [0.1, 0.15) is 31.0 Å². The second kappa shape index (κ2) is 10.4. The molecule has 1 fully saturated rings. The van der Waals surface area contributed by atoms with Crippen molar-refractivity contribution in [1.29, 1.82) is 0 Å². The van der Waals surface area contributed by atoms with Crippen molar-refractivity contribution < 1.29 is 29.3 Å². The van der Waals surface area contributed by atoms with Gasteiger partial charge in [0.15, 0.2) is 0 Å². The Morgan fingerprint density at radius 1 is 1.06 bits per heavy atom. The quantitative estimate of drug-likeness (QED) is 0.341. The molecule has 0 radical (unpaired) electrons. The molecule has 8 nitrogen and oxygen atoms in total. The first-order valence-corrected chi connectivity index (χ1v) is 10.9. The summed E-state index contributed by atoms with van der Waals surface area (Å²) < 4.78 is 10.6. The van der Waals surface area contributed by atoms with Gasteiger partial charge in [-0.05, 0) is 31.3 Å². The average molecular weight is 455 g/mol. The number of ether oxygens (including phenoxy) is 2. The molecule has 0 aliphatic carbocycles. The minimum absolute atomic E-state index is 0.0393. The summed E-state index contributed by atoms with van der Waals surface area (Å²) in [5.41, 5.74) is 0.523. The Morgan fingerprint density at radius 2 is 1.76 bits per heavy atom. The SMILES string of the molecule is CCN(CC)CCN1C(=O)C(=O)/C(=C(/O)c2ccc(OC)cc2O)C1c1ccccc1OC. The second-order valence-electron chi connectivity index (χ2n) is 7.64. The summed E-state index contributed by atoms with van der Waals surface area (Å²) >= 11 is 0. The van der Waals surface area contributed by atoms with Crippen LogP contribution in [0.3, 0.4) is 0 Å². The molecular weight excluding hydrogens is 424 g/mol. The van der Waals surface area contributed by atoms with Gasteiger partial charge >= 0.3 is 0 Å². The van der Waals surface area contributed by atoms with Gasteiger partial charge in [0.05, 0.1) is 31.4 Å². The van der Waals surface area contributed by atoms with E-state index in [1.807, 2.05) is 13.8 Å². The summed E-state index contributed by atoms with van der Waals surface area (Å²) in [7, 11) is 2.97. The molecule has 1 saturated heterocycles. The van der Waals surface area contributed by atoms with Crippen molar-refractivity contribution in [1.82, 2.24) is 9.80 Å². The fraction of sp³-hybridized carbons (Fsp3) is 0.360. The van der Waals surface area contributed by atoms with Crippen LogP contribution >= 0.6 is 0 Å². The van der Waals surface area contributed by atoms with Crippen LogP contribution in [0.15, 0.2) is 48.0 Å². The third-order valence-electron chi connectivity index (χ3n) is 5.99. The van der Waals surface area contributed by atoms with Crippen LogP contribution in [0.25, 0.3) is 5.76 Å². The lowest BCUT2D eigenvalue weighted by molar-refractivity contribution is -0.140. The summed E-state index contributed by atoms with van der Waals surface area (Å²) in [5.74, 6) is -1.34. The topological polar surface area (TPSA) is 99.5 Å². The highest BCUT2D eigenvalue weighted by Crippen LogP contribution is 2.43. The number of carbonyl (C=O) groups excluding carboxylic acids is 2. The second-order valence-corrected chi connectivity index (χ2v) is 7.64. The van der Waals surface area contributed by atoms with Gasteiger partial charge in [-0.15, -0.1) is 0 Å². The van der Waals surface area contributed by atoms with Gasteiger partial charge in [-0.2, -0.15) is 0 Å². The van der Waals surface area contributed by atoms with E-state index in [4.69, 9.17) is 9.47 Å². The zero-order valence-electron chi connectivity index (χ0n) is 19.4. The van der Waals surface area contributed by atoms with Crippen molar-refractivity contribution in [2.24, 2.45) is 0 Å². The fourth-order valence-corrected chi connectivity index (χ4v) is 4.10. The average Bonchev–Trinajstić information content (AvgIpc) is 3.08. The van der Waals surface area contributed by atoms with Crippen molar-refractivity contribution in [3.63, 3.8) is 0 Å². The van der Waals surface area contributed by atoms with Crippen LogP contribution in [-0.2, 0) is 9.59 Å². The van der Waals surface area contributed by atoms with Crippen LogP contribution in [0.2, 0.25) is 0 Å². The predicted molar refractivity (Wildman–Crippen MR) is 124 cm³/mol. The Balaban J connectivity index is 2.17. The molecule has 1 aliphatic heterocycles. The van der Waals surface area contributed by atoms with E-state index in [1.165, 1.54) is 31.3 Å². The molecular formula is C25H30N2O6. The monoisotopic (exact) mass is 454 g/mol. The van der Waals surface area contributed by atoms with Gasteiger partial charge in [-0.3, -0.25) is 9.59 Å². The third kappa shape index (κ3) is 4.66. The smallest absolute Gasteiger partial charge is 0.295 e. The highest BCUT2D eigenvalue weighted by Gasteiger charge is 2.47. The summed E-state index contributed by atoms with van der Waals surface area (Å²) in [6.07, 6.45) is 0. The van der Waals surface area contributed by atoms with Crippen molar-refractivity contribution in [3.8, 4) is 17.2 Å². The number of aliphatic hydroxyl groups is 1. The van der Waals surface area contributed by atoms with E-state index in [-0.39, 0.29) is 16.9 Å². The number of phenols is 1. The number of aliphatic hydroxyl groups excluding tert-OH is 1. The van der Waals surface area contributed by atoms with Crippen LogP contribution < -0.4 is 9.47 Å². The van der Waals surface area contributed by atoms with Crippen LogP contribution in [-0.4, -0.2) is 72.1 Å². The minimum atomic E-state index is -0.863. The maximum atomic E-state index is 13.2. The molecule has 1 unspecified atom stereocenters. The van der Waals surface area contributed by atoms with E-state index in [2.05, 4.69) is 4.90 Å². The Kier molecular flexibility index (Phi) is 7.60. The number of likely N-dealkylation sites (N-methyl/N-ethyl adjacent to an activating group) is 1. The molecule has 8 heteroatoms. The highest BCUT2D eigenvalue weighted by atomic mass is 16.5. The summed E-state index contributed by atoms with van der Waals surface area (Å²) in [6.45, 7) is 6.53. The largest absolute Gasteiger partial charge is 0.507 e. The lowest BCUT2D eigenvalue weighted by Gasteiger charge is -2.29. The number of para-hydroxylation sites is 1. The zero-order chi connectivity index (χ0) is 24.1. The van der Waals surface area contributed by atoms with Crippen LogP contribution in [0.4, 0.5) is 0 Å². The Morgan fingerprint density at radius 3 is 2.36 bits per heavy atom. The maximum absolute atomic E-state index is 13.2. The van der Waals surface area contributed by atoms with E-state index in [1.54, 1.807) is 30.3 Å². The number of methoxy groups -OCH3 is 2. The number of carbonyl (C=O) groups is 2. The molecule has 176 valence electrons. The molecule has 1 heterocycles. The molecule has 0 saturated carbocycles. The number of hydrogen-bond donors (Lipinski definition) is 2. The predicted octanol–water partition coefficient (Wildman–Crippen LogP) is 3.17. The van der Waals surface area contributed by atoms with E-state index in [0.29, 0.717) is 30.2 Å². The van der Waals surface area contributed by atoms with E-state index in [9.17, 15) is 19.8 Å². The molecule has 3 rings (SSSR count). The fourth-order valence-electron chi connectivity index (χ4n) is 4.10. The number of phenolic OH excluding ortho intramolecular Hbond substituents is 1. The van der Waals surface area contributed by atoms with Gasteiger partial charge in [0.25, 0.3) is 11.7 Å². The number of aromatic hydroxyl groups is 1. The van der Waals surface area contributed by atoms with E-state index < -0.39 is 23.5 Å². The van der Waals surface area contributed by atoms with Gasteiger partial charge in [-0.25, -0.2) is 0 Å². The number of hydrogen-bond acceptors (Lipinski definition) is 7. The molecule has 0 bridgehead atoms. The van der Waals surface area contributed by atoms with Gasteiger partial charge < -0.3 is 29.5 Å². The van der Waals surface area contributed by atoms with Crippen molar-refractivity contribution in [2.75, 3.05) is 40.4 Å². The number of rotatable bonds is 9. The highest BCUT2D eigenvalue weighted by molar-refractivity contribution is 6.46.